The molecule has 0 radical (unpaired) electrons. The van der Waals surface area contributed by atoms with E-state index < -0.39 is 0 Å². The van der Waals surface area contributed by atoms with Gasteiger partial charge in [-0.15, -0.1) is 0 Å². The van der Waals surface area contributed by atoms with E-state index in [-0.39, 0.29) is 11.8 Å². The van der Waals surface area contributed by atoms with Crippen molar-refractivity contribution in [3.05, 3.63) is 70.8 Å². The average molecular weight is 357 g/mol. The summed E-state index contributed by atoms with van der Waals surface area (Å²) in [6.45, 7) is 0. The summed E-state index contributed by atoms with van der Waals surface area (Å²) in [5.74, 6) is -0.128. The van der Waals surface area contributed by atoms with E-state index in [1.807, 2.05) is 36.4 Å². The highest BCUT2D eigenvalue weighted by molar-refractivity contribution is 6.30. The molecule has 4 nitrogen and oxygen atoms in total. The molecule has 0 unspecified atom stereocenters. The first kappa shape index (κ1) is 18.7. The molecule has 25 heavy (non-hydrogen) atoms. The Bertz CT molecular complexity index is 768. The van der Waals surface area contributed by atoms with Crippen molar-refractivity contribution in [2.75, 3.05) is 19.4 Å². The largest absolute Gasteiger partial charge is 0.349 e. The lowest BCUT2D eigenvalue weighted by Gasteiger charge is -2.10. The zero-order valence-corrected chi connectivity index (χ0v) is 15.1. The maximum Gasteiger partial charge on any atom is 0.248 e. The summed E-state index contributed by atoms with van der Waals surface area (Å²) in [4.78, 5) is 25.3. The number of nitrogens with one attached hydrogen (secondary N) is 1. The van der Waals surface area contributed by atoms with Gasteiger partial charge >= 0.3 is 0 Å². The van der Waals surface area contributed by atoms with Crippen LogP contribution in [-0.4, -0.2) is 30.8 Å². The molecule has 2 amide bonds. The van der Waals surface area contributed by atoms with Gasteiger partial charge in [-0.05, 0) is 47.9 Å². The van der Waals surface area contributed by atoms with Crippen LogP contribution in [0, 0.1) is 0 Å². The minimum Gasteiger partial charge on any atom is -0.349 e. The highest BCUT2D eigenvalue weighted by atomic mass is 35.5. The predicted octanol–water partition coefficient (Wildman–Crippen LogP) is 4.01. The third-order valence-corrected chi connectivity index (χ3v) is 3.87. The molecule has 0 saturated heterocycles. The first-order valence-electron chi connectivity index (χ1n) is 7.98. The number of hydrogen-bond acceptors (Lipinski definition) is 2. The Morgan fingerprint density at radius 1 is 1.12 bits per heavy atom. The van der Waals surface area contributed by atoms with Crippen molar-refractivity contribution in [3.63, 3.8) is 0 Å². The number of nitrogens with zero attached hydrogens (tertiary/aromatic N) is 1. The van der Waals surface area contributed by atoms with Crippen molar-refractivity contribution in [2.24, 2.45) is 0 Å². The van der Waals surface area contributed by atoms with Crippen LogP contribution in [0.3, 0.4) is 0 Å². The van der Waals surface area contributed by atoms with Gasteiger partial charge in [-0.2, -0.15) is 0 Å². The van der Waals surface area contributed by atoms with Gasteiger partial charge in [0, 0.05) is 37.3 Å². The number of hydrogen-bond donors (Lipinski definition) is 1. The normalized spacial score (nSPS) is 10.7. The Kier molecular flexibility index (Phi) is 6.78. The predicted molar refractivity (Wildman–Crippen MR) is 103 cm³/mol. The smallest absolute Gasteiger partial charge is 0.248 e. The van der Waals surface area contributed by atoms with E-state index in [1.54, 1.807) is 37.2 Å². The Hall–Kier alpha value is -2.59. The number of anilines is 1. The van der Waals surface area contributed by atoms with Crippen LogP contribution in [-0.2, 0) is 16.0 Å². The fraction of sp³-hybridized carbons (Fsp3) is 0.200. The Balaban J connectivity index is 1.93. The molecule has 0 spiro atoms. The molecule has 0 saturated carbocycles. The van der Waals surface area contributed by atoms with E-state index in [9.17, 15) is 9.59 Å². The average Bonchev–Trinajstić information content (AvgIpc) is 2.59. The summed E-state index contributed by atoms with van der Waals surface area (Å²) in [6, 6.07) is 14.8. The van der Waals surface area contributed by atoms with Crippen LogP contribution in [0.25, 0.3) is 6.08 Å². The van der Waals surface area contributed by atoms with Crippen molar-refractivity contribution >= 4 is 35.2 Å². The second kappa shape index (κ2) is 9.04. The quantitative estimate of drug-likeness (QED) is 0.795. The van der Waals surface area contributed by atoms with Crippen LogP contribution < -0.4 is 5.32 Å². The lowest BCUT2D eigenvalue weighted by Crippen LogP contribution is -2.21. The number of halogens is 1. The van der Waals surface area contributed by atoms with Gasteiger partial charge in [-0.3, -0.25) is 9.59 Å². The third kappa shape index (κ3) is 6.43. The van der Waals surface area contributed by atoms with E-state index in [0.29, 0.717) is 23.6 Å². The second-order valence-electron chi connectivity index (χ2n) is 5.86. The number of benzene rings is 2. The first-order valence-corrected chi connectivity index (χ1v) is 8.35. The Morgan fingerprint density at radius 2 is 1.84 bits per heavy atom. The van der Waals surface area contributed by atoms with E-state index in [2.05, 4.69) is 5.32 Å². The lowest BCUT2D eigenvalue weighted by molar-refractivity contribution is -0.128. The fourth-order valence-corrected chi connectivity index (χ4v) is 2.34. The molecule has 2 aromatic carbocycles. The van der Waals surface area contributed by atoms with Gasteiger partial charge in [-0.1, -0.05) is 35.9 Å². The van der Waals surface area contributed by atoms with E-state index in [4.69, 9.17) is 11.6 Å². The van der Waals surface area contributed by atoms with Crippen LogP contribution >= 0.6 is 11.6 Å². The fourth-order valence-electron chi connectivity index (χ4n) is 2.21. The summed E-state index contributed by atoms with van der Waals surface area (Å²) < 4.78 is 0. The van der Waals surface area contributed by atoms with Crippen molar-refractivity contribution < 1.29 is 9.59 Å². The van der Waals surface area contributed by atoms with Crippen LogP contribution in [0.4, 0.5) is 5.69 Å². The monoisotopic (exact) mass is 356 g/mol. The van der Waals surface area contributed by atoms with Crippen LogP contribution in [0.1, 0.15) is 17.5 Å². The number of rotatable bonds is 6. The topological polar surface area (TPSA) is 49.4 Å². The number of carbonyl (C=O) groups is 2. The molecule has 0 bridgehead atoms. The number of amides is 2. The summed E-state index contributed by atoms with van der Waals surface area (Å²) >= 11 is 5.83. The lowest BCUT2D eigenvalue weighted by atomic mass is 10.1. The van der Waals surface area contributed by atoms with Crippen LogP contribution in [0.2, 0.25) is 5.02 Å². The molecule has 0 aromatic heterocycles. The Morgan fingerprint density at radius 3 is 2.52 bits per heavy atom. The molecule has 2 aromatic rings. The summed E-state index contributed by atoms with van der Waals surface area (Å²) in [6.07, 6.45) is 4.29. The van der Waals surface area contributed by atoms with E-state index in [1.165, 1.54) is 6.08 Å². The number of carbonyl (C=O) groups excluding carboxylic acids is 2. The van der Waals surface area contributed by atoms with Gasteiger partial charge in [0.2, 0.25) is 11.8 Å². The zero-order valence-electron chi connectivity index (χ0n) is 14.3. The molecule has 0 heterocycles. The molecular weight excluding hydrogens is 336 g/mol. The van der Waals surface area contributed by atoms with Crippen LogP contribution in [0.5, 0.6) is 0 Å². The maximum absolute atomic E-state index is 12.0. The van der Waals surface area contributed by atoms with Gasteiger partial charge < -0.3 is 10.2 Å². The van der Waals surface area contributed by atoms with Gasteiger partial charge in [0.25, 0.3) is 0 Å². The van der Waals surface area contributed by atoms with Crippen molar-refractivity contribution in [1.82, 2.24) is 4.90 Å². The second-order valence-corrected chi connectivity index (χ2v) is 6.30. The molecule has 5 heteroatoms. The van der Waals surface area contributed by atoms with Gasteiger partial charge in [0.15, 0.2) is 0 Å². The molecule has 0 aliphatic rings. The van der Waals surface area contributed by atoms with Gasteiger partial charge in [0.05, 0.1) is 0 Å². The minimum absolute atomic E-state index is 0.0836. The van der Waals surface area contributed by atoms with Crippen LogP contribution in [0.15, 0.2) is 54.6 Å². The Labute approximate surface area is 153 Å². The standard InChI is InChI=1S/C20H21ClN2O2/c1-23(2)20(25)13-9-16-4-3-5-18(14-16)22-19(24)12-8-15-6-10-17(21)11-7-15/h3-8,10-12,14H,9,13H2,1-2H3,(H,22,24)/b12-8+. The molecule has 0 aliphatic heterocycles. The highest BCUT2D eigenvalue weighted by Gasteiger charge is 2.05. The van der Waals surface area contributed by atoms with E-state index in [0.717, 1.165) is 11.1 Å². The van der Waals surface area contributed by atoms with Crippen molar-refractivity contribution in [1.29, 1.82) is 0 Å². The molecule has 130 valence electrons. The highest BCUT2D eigenvalue weighted by Crippen LogP contribution is 2.14. The minimum atomic E-state index is -0.212. The first-order chi connectivity index (χ1) is 11.9. The molecule has 0 aliphatic carbocycles. The molecule has 2 rings (SSSR count). The number of aryl methyl sites for hydroxylation is 1. The summed E-state index contributed by atoms with van der Waals surface area (Å²) in [7, 11) is 3.48. The van der Waals surface area contributed by atoms with Crippen molar-refractivity contribution in [3.8, 4) is 0 Å². The molecule has 0 atom stereocenters. The summed E-state index contributed by atoms with van der Waals surface area (Å²) in [5, 5.41) is 3.49. The molecule has 0 fully saturated rings. The zero-order chi connectivity index (χ0) is 18.2. The molecule has 1 N–H and O–H groups in total. The van der Waals surface area contributed by atoms with Crippen molar-refractivity contribution in [2.45, 2.75) is 12.8 Å². The van der Waals surface area contributed by atoms with Gasteiger partial charge in [0.1, 0.15) is 0 Å². The maximum atomic E-state index is 12.0. The summed E-state index contributed by atoms with van der Waals surface area (Å²) in [5.41, 5.74) is 2.62. The third-order valence-electron chi connectivity index (χ3n) is 3.62. The molecular formula is C20H21ClN2O2. The van der Waals surface area contributed by atoms with Gasteiger partial charge in [-0.25, -0.2) is 0 Å². The SMILES string of the molecule is CN(C)C(=O)CCc1cccc(NC(=O)/C=C/c2ccc(Cl)cc2)c1. The van der Waals surface area contributed by atoms with E-state index >= 15 is 0 Å².